The number of halogens is 1. The second-order valence-corrected chi connectivity index (χ2v) is 9.54. The Bertz CT molecular complexity index is 1620. The summed E-state index contributed by atoms with van der Waals surface area (Å²) in [5.74, 6) is 1.77. The summed E-state index contributed by atoms with van der Waals surface area (Å²) in [6.07, 6.45) is 6.77. The van der Waals surface area contributed by atoms with Gasteiger partial charge in [-0.3, -0.25) is 0 Å². The molecule has 11 heteroatoms. The zero-order valence-corrected chi connectivity index (χ0v) is 21.5. The fraction of sp³-hybridized carbons (Fsp3) is 0.250. The summed E-state index contributed by atoms with van der Waals surface area (Å²) in [6.45, 7) is 2.02. The van der Waals surface area contributed by atoms with Gasteiger partial charge in [-0.1, -0.05) is 0 Å². The number of rotatable bonds is 8. The molecule has 1 aliphatic carbocycles. The monoisotopic (exact) mass is 526 g/mol. The van der Waals surface area contributed by atoms with Crippen LogP contribution in [0.4, 0.5) is 10.2 Å². The second kappa shape index (κ2) is 10.3. The average Bonchev–Trinajstić information content (AvgIpc) is 3.28. The Labute approximate surface area is 224 Å². The molecule has 3 N–H and O–H groups in total. The maximum atomic E-state index is 14.3. The predicted octanol–water partition coefficient (Wildman–Crippen LogP) is 4.61. The first-order valence-electron chi connectivity index (χ1n) is 12.6. The van der Waals surface area contributed by atoms with Crippen molar-refractivity contribution in [3.63, 3.8) is 0 Å². The second-order valence-electron chi connectivity index (χ2n) is 9.54. The molecule has 1 aliphatic rings. The van der Waals surface area contributed by atoms with Gasteiger partial charge in [0, 0.05) is 47.8 Å². The number of fused-ring (bicyclic) bond motifs is 1. The van der Waals surface area contributed by atoms with Crippen LogP contribution in [0.2, 0.25) is 0 Å². The van der Waals surface area contributed by atoms with Crippen molar-refractivity contribution in [1.82, 2.24) is 35.0 Å². The van der Waals surface area contributed by atoms with Crippen LogP contribution in [0.1, 0.15) is 30.3 Å². The van der Waals surface area contributed by atoms with Crippen LogP contribution >= 0.6 is 0 Å². The number of ether oxygens (including phenoxy) is 2. The van der Waals surface area contributed by atoms with Gasteiger partial charge in [-0.2, -0.15) is 5.10 Å². The minimum atomic E-state index is -0.469. The van der Waals surface area contributed by atoms with E-state index in [9.17, 15) is 4.39 Å². The Kier molecular flexibility index (Phi) is 6.49. The van der Waals surface area contributed by atoms with Gasteiger partial charge in [-0.15, -0.1) is 0 Å². The van der Waals surface area contributed by atoms with E-state index in [1.165, 1.54) is 18.5 Å². The van der Waals surface area contributed by atoms with Crippen molar-refractivity contribution in [1.29, 1.82) is 0 Å². The standard InChI is InChI=1S/C28H27FN8O2/c1-16-32-12-17(13-33-16)14-38-23-7-19(29)8-24(11-23)39-22-5-3-18(4-6-22)26-25-27(30)34-15-35-28(25)37(36-26)21-9-20(10-21)31-2/h3-8,11-13,15,20-21,31H,9-10,14H2,1-2H3,(H2,30,34,35)/t20-,21+. The largest absolute Gasteiger partial charge is 0.489 e. The molecule has 3 aromatic heterocycles. The number of hydrogen-bond acceptors (Lipinski definition) is 9. The fourth-order valence-corrected chi connectivity index (χ4v) is 4.63. The van der Waals surface area contributed by atoms with Crippen LogP contribution in [0.5, 0.6) is 17.2 Å². The van der Waals surface area contributed by atoms with E-state index < -0.39 is 5.82 Å². The molecule has 0 atom stereocenters. The molecule has 10 nitrogen and oxygen atoms in total. The number of nitrogens with one attached hydrogen (secondary N) is 1. The van der Waals surface area contributed by atoms with Crippen molar-refractivity contribution in [2.24, 2.45) is 0 Å². The van der Waals surface area contributed by atoms with Crippen LogP contribution in [0.25, 0.3) is 22.3 Å². The number of nitrogens with two attached hydrogens (primary N) is 1. The molecule has 0 saturated heterocycles. The van der Waals surface area contributed by atoms with Gasteiger partial charge in [-0.05, 0) is 51.1 Å². The van der Waals surface area contributed by atoms with Crippen LogP contribution in [0, 0.1) is 12.7 Å². The topological polar surface area (TPSA) is 126 Å². The van der Waals surface area contributed by atoms with Gasteiger partial charge in [0.2, 0.25) is 0 Å². The lowest BCUT2D eigenvalue weighted by Crippen LogP contribution is -2.40. The van der Waals surface area contributed by atoms with Crippen molar-refractivity contribution in [2.45, 2.75) is 38.5 Å². The van der Waals surface area contributed by atoms with E-state index >= 15 is 0 Å². The molecular weight excluding hydrogens is 499 g/mol. The minimum absolute atomic E-state index is 0.210. The number of hydrogen-bond donors (Lipinski definition) is 2. The molecule has 2 aromatic carbocycles. The molecule has 6 rings (SSSR count). The third-order valence-corrected chi connectivity index (χ3v) is 6.83. The molecule has 198 valence electrons. The molecular formula is C28H27FN8O2. The van der Waals surface area contributed by atoms with Gasteiger partial charge >= 0.3 is 0 Å². The Balaban J connectivity index is 1.21. The number of aryl methyl sites for hydroxylation is 1. The molecule has 1 saturated carbocycles. The van der Waals surface area contributed by atoms with Gasteiger partial charge in [0.15, 0.2) is 5.65 Å². The number of aromatic nitrogens is 6. The van der Waals surface area contributed by atoms with Crippen LogP contribution in [0.3, 0.4) is 0 Å². The molecule has 0 aliphatic heterocycles. The van der Waals surface area contributed by atoms with Crippen LogP contribution < -0.4 is 20.5 Å². The first-order valence-corrected chi connectivity index (χ1v) is 12.6. The van der Waals surface area contributed by atoms with Crippen molar-refractivity contribution in [2.75, 3.05) is 12.8 Å². The summed E-state index contributed by atoms with van der Waals surface area (Å²) >= 11 is 0. The lowest BCUT2D eigenvalue weighted by Gasteiger charge is -2.35. The van der Waals surface area contributed by atoms with E-state index in [1.54, 1.807) is 37.5 Å². The van der Waals surface area contributed by atoms with Gasteiger partial charge in [-0.25, -0.2) is 29.0 Å². The van der Waals surface area contributed by atoms with E-state index in [4.69, 9.17) is 20.3 Å². The number of benzene rings is 2. The first kappa shape index (κ1) is 24.7. The van der Waals surface area contributed by atoms with Gasteiger partial charge < -0.3 is 20.5 Å². The smallest absolute Gasteiger partial charge is 0.164 e. The van der Waals surface area contributed by atoms with E-state index in [0.29, 0.717) is 40.6 Å². The predicted molar refractivity (Wildman–Crippen MR) is 144 cm³/mol. The summed E-state index contributed by atoms with van der Waals surface area (Å²) < 4.78 is 27.9. The zero-order valence-electron chi connectivity index (χ0n) is 21.5. The lowest BCUT2D eigenvalue weighted by molar-refractivity contribution is 0.224. The molecule has 0 unspecified atom stereocenters. The summed E-state index contributed by atoms with van der Waals surface area (Å²) in [6, 6.07) is 12.3. The van der Waals surface area contributed by atoms with Crippen molar-refractivity contribution >= 4 is 16.9 Å². The molecule has 0 bridgehead atoms. The van der Waals surface area contributed by atoms with Crippen LogP contribution in [-0.4, -0.2) is 42.8 Å². The highest BCUT2D eigenvalue weighted by Crippen LogP contribution is 2.38. The highest BCUT2D eigenvalue weighted by Gasteiger charge is 2.32. The quantitative estimate of drug-likeness (QED) is 0.298. The van der Waals surface area contributed by atoms with Gasteiger partial charge in [0.05, 0.1) is 11.4 Å². The molecule has 1 fully saturated rings. The highest BCUT2D eigenvalue weighted by atomic mass is 19.1. The minimum Gasteiger partial charge on any atom is -0.489 e. The number of nitrogens with zero attached hydrogens (tertiary/aromatic N) is 6. The van der Waals surface area contributed by atoms with Gasteiger partial charge in [0.25, 0.3) is 0 Å². The molecule has 0 amide bonds. The summed E-state index contributed by atoms with van der Waals surface area (Å²) in [5.41, 5.74) is 9.32. The molecule has 3 heterocycles. The first-order chi connectivity index (χ1) is 19.0. The summed E-state index contributed by atoms with van der Waals surface area (Å²) in [7, 11) is 1.97. The maximum absolute atomic E-state index is 14.3. The molecule has 5 aromatic rings. The van der Waals surface area contributed by atoms with Crippen molar-refractivity contribution < 1.29 is 13.9 Å². The third-order valence-electron chi connectivity index (χ3n) is 6.83. The Morgan fingerprint density at radius 3 is 2.49 bits per heavy atom. The average molecular weight is 527 g/mol. The van der Waals surface area contributed by atoms with Crippen molar-refractivity contribution in [3.05, 3.63) is 78.4 Å². The number of anilines is 1. The normalized spacial score (nSPS) is 16.7. The SMILES string of the molecule is CN[C@H]1C[C@@H](n2nc(-c3ccc(Oc4cc(F)cc(OCc5cnc(C)nc5)c4)cc3)c3c(N)ncnc32)C1. The Morgan fingerprint density at radius 2 is 1.74 bits per heavy atom. The maximum Gasteiger partial charge on any atom is 0.164 e. The molecule has 0 radical (unpaired) electrons. The fourth-order valence-electron chi connectivity index (χ4n) is 4.63. The lowest BCUT2D eigenvalue weighted by atomic mass is 9.87. The van der Waals surface area contributed by atoms with E-state index in [0.717, 1.165) is 35.0 Å². The van der Waals surface area contributed by atoms with Crippen LogP contribution in [0.15, 0.2) is 61.2 Å². The summed E-state index contributed by atoms with van der Waals surface area (Å²) in [4.78, 5) is 17.0. The summed E-state index contributed by atoms with van der Waals surface area (Å²) in [5, 5.41) is 8.92. The zero-order chi connectivity index (χ0) is 26.9. The van der Waals surface area contributed by atoms with Crippen molar-refractivity contribution in [3.8, 4) is 28.5 Å². The van der Waals surface area contributed by atoms with Gasteiger partial charge in [0.1, 0.15) is 53.3 Å². The molecule has 0 spiro atoms. The highest BCUT2D eigenvalue weighted by molar-refractivity contribution is 5.98. The Morgan fingerprint density at radius 1 is 1.00 bits per heavy atom. The third kappa shape index (κ3) is 5.08. The molecule has 39 heavy (non-hydrogen) atoms. The number of nitrogen functional groups attached to an aromatic ring is 1. The van der Waals surface area contributed by atoms with Crippen LogP contribution in [-0.2, 0) is 6.61 Å². The van der Waals surface area contributed by atoms with E-state index in [1.807, 2.05) is 23.9 Å². The Hall–Kier alpha value is -4.64. The van der Waals surface area contributed by atoms with E-state index in [2.05, 4.69) is 25.3 Å². The van der Waals surface area contributed by atoms with E-state index in [-0.39, 0.29) is 12.6 Å².